The van der Waals surface area contributed by atoms with Crippen LogP contribution in [0.15, 0.2) is 0 Å². The van der Waals surface area contributed by atoms with E-state index >= 15 is 0 Å². The predicted molar refractivity (Wildman–Crippen MR) is 75.4 cm³/mol. The Morgan fingerprint density at radius 3 is 2.60 bits per heavy atom. The van der Waals surface area contributed by atoms with Crippen molar-refractivity contribution in [1.29, 1.82) is 0 Å². The van der Waals surface area contributed by atoms with Gasteiger partial charge in [0, 0.05) is 6.04 Å². The van der Waals surface area contributed by atoms with Gasteiger partial charge in [0.15, 0.2) is 0 Å². The van der Waals surface area contributed by atoms with Crippen LogP contribution in [0.5, 0.6) is 0 Å². The summed E-state index contributed by atoms with van der Waals surface area (Å²) in [6, 6.07) is -0.401. The van der Waals surface area contributed by atoms with Crippen molar-refractivity contribution < 1.29 is 19.1 Å². The molecule has 2 atom stereocenters. The zero-order valence-electron chi connectivity index (χ0n) is 12.8. The van der Waals surface area contributed by atoms with E-state index in [4.69, 9.17) is 4.74 Å². The number of likely N-dealkylation sites (N-methyl/N-ethyl adjacent to an activating group) is 1. The van der Waals surface area contributed by atoms with Gasteiger partial charge in [-0.2, -0.15) is 0 Å². The van der Waals surface area contributed by atoms with Gasteiger partial charge in [-0.3, -0.25) is 0 Å². The molecule has 0 aromatic carbocycles. The van der Waals surface area contributed by atoms with Gasteiger partial charge in [-0.25, -0.2) is 9.59 Å². The Balaban J connectivity index is 2.39. The Hall–Kier alpha value is -1.30. The molecule has 0 aromatic rings. The van der Waals surface area contributed by atoms with Gasteiger partial charge in [0.25, 0.3) is 0 Å². The number of amides is 1. The van der Waals surface area contributed by atoms with Crippen molar-refractivity contribution in [2.75, 3.05) is 27.3 Å². The quantitative estimate of drug-likeness (QED) is 0.774. The molecule has 1 unspecified atom stereocenters. The summed E-state index contributed by atoms with van der Waals surface area (Å²) in [6.45, 7) is 5.08. The summed E-state index contributed by atoms with van der Waals surface area (Å²) in [4.78, 5) is 25.5. The van der Waals surface area contributed by atoms with Crippen LogP contribution in [0.3, 0.4) is 0 Å². The van der Waals surface area contributed by atoms with E-state index in [1.165, 1.54) is 13.5 Å². The van der Waals surface area contributed by atoms with Gasteiger partial charge < -0.3 is 19.7 Å². The molecular weight excluding hydrogens is 260 g/mol. The number of piperidine rings is 1. The number of carbonyl (C=O) groups excluding carboxylic acids is 2. The van der Waals surface area contributed by atoms with Crippen LogP contribution in [-0.2, 0) is 14.3 Å². The monoisotopic (exact) mass is 286 g/mol. The molecule has 0 bridgehead atoms. The summed E-state index contributed by atoms with van der Waals surface area (Å²) in [5.74, 6) is -0.501. The third-order valence-electron chi connectivity index (χ3n) is 3.72. The molecule has 0 radical (unpaired) electrons. The molecule has 20 heavy (non-hydrogen) atoms. The molecule has 1 heterocycles. The first-order valence-corrected chi connectivity index (χ1v) is 7.17. The molecule has 0 saturated carbocycles. The number of rotatable bonds is 5. The first-order valence-electron chi connectivity index (χ1n) is 7.17. The number of hydrogen-bond donors (Lipinski definition) is 1. The molecule has 1 rings (SSSR count). The van der Waals surface area contributed by atoms with Crippen molar-refractivity contribution in [3.8, 4) is 0 Å². The normalized spacial score (nSPS) is 21.4. The van der Waals surface area contributed by atoms with Crippen LogP contribution in [0.4, 0.5) is 4.79 Å². The van der Waals surface area contributed by atoms with Crippen LogP contribution in [0.2, 0.25) is 0 Å². The van der Waals surface area contributed by atoms with Gasteiger partial charge in [-0.1, -0.05) is 20.3 Å². The van der Waals surface area contributed by atoms with E-state index in [1.54, 1.807) is 0 Å². The number of likely N-dealkylation sites (tertiary alicyclic amines) is 1. The first kappa shape index (κ1) is 16.8. The Morgan fingerprint density at radius 2 is 2.05 bits per heavy atom. The third kappa shape index (κ3) is 5.00. The van der Waals surface area contributed by atoms with E-state index in [1.807, 2.05) is 20.9 Å². The van der Waals surface area contributed by atoms with Crippen molar-refractivity contribution in [1.82, 2.24) is 10.2 Å². The molecule has 1 amide bonds. The summed E-state index contributed by atoms with van der Waals surface area (Å²) in [7, 11) is 3.35. The molecule has 0 spiro atoms. The van der Waals surface area contributed by atoms with Gasteiger partial charge in [0.1, 0.15) is 12.6 Å². The molecule has 1 fully saturated rings. The number of alkyl carbamates (subject to hydrolysis) is 1. The fourth-order valence-electron chi connectivity index (χ4n) is 2.32. The number of esters is 1. The van der Waals surface area contributed by atoms with Gasteiger partial charge >= 0.3 is 12.1 Å². The summed E-state index contributed by atoms with van der Waals surface area (Å²) in [5, 5.41) is 2.57. The summed E-state index contributed by atoms with van der Waals surface area (Å²) in [5.41, 5.74) is 0. The number of nitrogens with zero attached hydrogens (tertiary/aromatic N) is 1. The van der Waals surface area contributed by atoms with E-state index in [9.17, 15) is 9.59 Å². The fourth-order valence-corrected chi connectivity index (χ4v) is 2.32. The minimum absolute atomic E-state index is 0.0487. The van der Waals surface area contributed by atoms with Gasteiger partial charge in [0.05, 0.1) is 7.11 Å². The average molecular weight is 286 g/mol. The second kappa shape index (κ2) is 8.09. The standard InChI is InChI=1S/C14H26N2O4/c1-10(2)12(13(17)19-4)15-14(18)20-9-11-7-5-6-8-16(11)3/h10-12H,5-9H2,1-4H3,(H,15,18)/t11?,12-/m0/s1. The van der Waals surface area contributed by atoms with Crippen molar-refractivity contribution >= 4 is 12.1 Å². The highest BCUT2D eigenvalue weighted by Gasteiger charge is 2.26. The van der Waals surface area contributed by atoms with Crippen molar-refractivity contribution in [3.05, 3.63) is 0 Å². The molecule has 0 aliphatic carbocycles. The molecule has 6 heteroatoms. The van der Waals surface area contributed by atoms with Crippen LogP contribution in [-0.4, -0.2) is 56.4 Å². The molecule has 116 valence electrons. The maximum absolute atomic E-state index is 11.8. The molecule has 0 aromatic heterocycles. The largest absolute Gasteiger partial charge is 0.467 e. The summed E-state index contributed by atoms with van der Waals surface area (Å²) >= 11 is 0. The second-order valence-corrected chi connectivity index (χ2v) is 5.62. The molecule has 1 aliphatic rings. The smallest absolute Gasteiger partial charge is 0.407 e. The van der Waals surface area contributed by atoms with Crippen LogP contribution in [0, 0.1) is 5.92 Å². The number of nitrogens with one attached hydrogen (secondary N) is 1. The van der Waals surface area contributed by atoms with Crippen LogP contribution < -0.4 is 5.32 Å². The Labute approximate surface area is 120 Å². The van der Waals surface area contributed by atoms with Crippen LogP contribution >= 0.6 is 0 Å². The lowest BCUT2D eigenvalue weighted by Gasteiger charge is -2.32. The topological polar surface area (TPSA) is 67.9 Å². The van der Waals surface area contributed by atoms with E-state index in [2.05, 4.69) is 15.0 Å². The fraction of sp³-hybridized carbons (Fsp3) is 0.857. The number of carbonyl (C=O) groups is 2. The van der Waals surface area contributed by atoms with Crippen molar-refractivity contribution in [2.45, 2.75) is 45.2 Å². The molecule has 6 nitrogen and oxygen atoms in total. The van der Waals surface area contributed by atoms with E-state index < -0.39 is 18.1 Å². The Morgan fingerprint density at radius 1 is 1.35 bits per heavy atom. The molecule has 1 aliphatic heterocycles. The summed E-state index contributed by atoms with van der Waals surface area (Å²) in [6.07, 6.45) is 2.83. The van der Waals surface area contributed by atoms with Crippen molar-refractivity contribution in [2.24, 2.45) is 5.92 Å². The highest BCUT2D eigenvalue weighted by Crippen LogP contribution is 2.15. The summed E-state index contributed by atoms with van der Waals surface area (Å²) < 4.78 is 9.90. The molecule has 1 saturated heterocycles. The third-order valence-corrected chi connectivity index (χ3v) is 3.72. The average Bonchev–Trinajstić information content (AvgIpc) is 2.42. The van der Waals surface area contributed by atoms with E-state index in [-0.39, 0.29) is 12.0 Å². The lowest BCUT2D eigenvalue weighted by atomic mass is 10.0. The van der Waals surface area contributed by atoms with Gasteiger partial charge in [-0.05, 0) is 32.4 Å². The van der Waals surface area contributed by atoms with E-state index in [0.717, 1.165) is 19.4 Å². The maximum atomic E-state index is 11.8. The Kier molecular flexibility index (Phi) is 6.78. The Bertz CT molecular complexity index is 333. The van der Waals surface area contributed by atoms with Gasteiger partial charge in [-0.15, -0.1) is 0 Å². The minimum Gasteiger partial charge on any atom is -0.467 e. The predicted octanol–water partition coefficient (Wildman–Crippen LogP) is 1.39. The lowest BCUT2D eigenvalue weighted by Crippen LogP contribution is -2.47. The number of methoxy groups -OCH3 is 1. The van der Waals surface area contributed by atoms with Crippen LogP contribution in [0.1, 0.15) is 33.1 Å². The number of ether oxygens (including phenoxy) is 2. The first-order chi connectivity index (χ1) is 9.45. The lowest BCUT2D eigenvalue weighted by molar-refractivity contribution is -0.144. The highest BCUT2D eigenvalue weighted by atomic mass is 16.6. The number of hydrogen-bond acceptors (Lipinski definition) is 5. The molecule has 1 N–H and O–H groups in total. The van der Waals surface area contributed by atoms with E-state index in [0.29, 0.717) is 6.61 Å². The highest BCUT2D eigenvalue weighted by molar-refractivity contribution is 5.81. The SMILES string of the molecule is COC(=O)[C@@H](NC(=O)OCC1CCCCN1C)C(C)C. The molecular formula is C14H26N2O4. The second-order valence-electron chi connectivity index (χ2n) is 5.62. The minimum atomic E-state index is -0.670. The zero-order chi connectivity index (χ0) is 15.1. The van der Waals surface area contributed by atoms with Crippen LogP contribution in [0.25, 0.3) is 0 Å². The zero-order valence-corrected chi connectivity index (χ0v) is 12.8. The van der Waals surface area contributed by atoms with Crippen molar-refractivity contribution in [3.63, 3.8) is 0 Å². The van der Waals surface area contributed by atoms with Gasteiger partial charge in [0.2, 0.25) is 0 Å². The maximum Gasteiger partial charge on any atom is 0.407 e.